The molecule has 1 aromatic rings. The van der Waals surface area contributed by atoms with Gasteiger partial charge in [-0.2, -0.15) is 0 Å². The van der Waals surface area contributed by atoms with Gasteiger partial charge >= 0.3 is 0 Å². The zero-order valence-electron chi connectivity index (χ0n) is 9.46. The van der Waals surface area contributed by atoms with E-state index in [2.05, 4.69) is 42.9 Å². The van der Waals surface area contributed by atoms with Crippen LogP contribution in [-0.4, -0.2) is 13.1 Å². The third kappa shape index (κ3) is 1.72. The molecule has 0 aliphatic carbocycles. The van der Waals surface area contributed by atoms with Crippen molar-refractivity contribution in [2.45, 2.75) is 26.2 Å². The van der Waals surface area contributed by atoms with Crippen molar-refractivity contribution < 1.29 is 0 Å². The number of hydrogen-bond acceptors (Lipinski definition) is 1. The first-order valence-corrected chi connectivity index (χ1v) is 5.60. The van der Waals surface area contributed by atoms with Crippen molar-refractivity contribution in [1.29, 1.82) is 0 Å². The first kappa shape index (κ1) is 10.1. The van der Waals surface area contributed by atoms with Crippen LogP contribution in [0.4, 0.5) is 5.69 Å². The quantitative estimate of drug-likeness (QED) is 0.662. The van der Waals surface area contributed by atoms with Crippen molar-refractivity contribution >= 4 is 5.69 Å². The van der Waals surface area contributed by atoms with Crippen molar-refractivity contribution in [3.05, 3.63) is 29.3 Å². The predicted octanol–water partition coefficient (Wildman–Crippen LogP) is 2.81. The highest BCUT2D eigenvalue weighted by molar-refractivity contribution is 5.59. The van der Waals surface area contributed by atoms with Crippen LogP contribution in [0.3, 0.4) is 0 Å². The van der Waals surface area contributed by atoms with Gasteiger partial charge in [0.1, 0.15) is 0 Å². The fraction of sp³-hybridized carbons (Fsp3) is 0.429. The van der Waals surface area contributed by atoms with Gasteiger partial charge in [0, 0.05) is 24.7 Å². The maximum Gasteiger partial charge on any atom is 0.0421 e. The molecule has 0 saturated carbocycles. The molecular formula is C14H17N. The molecule has 0 saturated heterocycles. The molecule has 1 unspecified atom stereocenters. The van der Waals surface area contributed by atoms with Gasteiger partial charge in [0.05, 0.1) is 0 Å². The Bertz CT molecular complexity index is 400. The fourth-order valence-electron chi connectivity index (χ4n) is 2.18. The van der Waals surface area contributed by atoms with Crippen molar-refractivity contribution in [2.24, 2.45) is 0 Å². The molecule has 0 amide bonds. The Morgan fingerprint density at radius 1 is 1.53 bits per heavy atom. The number of anilines is 1. The molecule has 1 aliphatic heterocycles. The molecule has 0 bridgehead atoms. The Morgan fingerprint density at radius 3 is 3.00 bits per heavy atom. The van der Waals surface area contributed by atoms with Crippen LogP contribution in [-0.2, 0) is 6.42 Å². The maximum atomic E-state index is 5.44. The largest absolute Gasteiger partial charge is 0.371 e. The van der Waals surface area contributed by atoms with E-state index in [1.807, 2.05) is 0 Å². The number of rotatable bonds is 2. The Morgan fingerprint density at radius 2 is 2.33 bits per heavy atom. The second-order valence-electron chi connectivity index (χ2n) is 4.11. The SMILES string of the molecule is C#CC(C)c1ccc2c(c1)CCN2CC. The lowest BCUT2D eigenvalue weighted by Crippen LogP contribution is -2.18. The number of fused-ring (bicyclic) bond motifs is 1. The molecule has 0 fully saturated rings. The maximum absolute atomic E-state index is 5.44. The minimum absolute atomic E-state index is 0.228. The molecule has 1 heterocycles. The minimum atomic E-state index is 0.228. The van der Waals surface area contributed by atoms with Gasteiger partial charge in [-0.15, -0.1) is 6.42 Å². The molecule has 0 spiro atoms. The van der Waals surface area contributed by atoms with Crippen LogP contribution in [0.5, 0.6) is 0 Å². The minimum Gasteiger partial charge on any atom is -0.371 e. The fourth-order valence-corrected chi connectivity index (χ4v) is 2.18. The third-order valence-corrected chi connectivity index (χ3v) is 3.23. The highest BCUT2D eigenvalue weighted by Crippen LogP contribution is 2.30. The van der Waals surface area contributed by atoms with Crippen LogP contribution in [0.25, 0.3) is 0 Å². The lowest BCUT2D eigenvalue weighted by Gasteiger charge is -2.17. The molecule has 1 aliphatic rings. The van der Waals surface area contributed by atoms with Crippen LogP contribution in [0, 0.1) is 12.3 Å². The Labute approximate surface area is 92.1 Å². The summed E-state index contributed by atoms with van der Waals surface area (Å²) >= 11 is 0. The number of benzene rings is 1. The van der Waals surface area contributed by atoms with Gasteiger partial charge in [0.15, 0.2) is 0 Å². The summed E-state index contributed by atoms with van der Waals surface area (Å²) in [6.45, 7) is 6.53. The molecule has 15 heavy (non-hydrogen) atoms. The van der Waals surface area contributed by atoms with E-state index in [0.717, 1.165) is 19.5 Å². The number of hydrogen-bond donors (Lipinski definition) is 0. The van der Waals surface area contributed by atoms with Crippen LogP contribution in [0.15, 0.2) is 18.2 Å². The van der Waals surface area contributed by atoms with Gasteiger partial charge in [-0.25, -0.2) is 0 Å². The summed E-state index contributed by atoms with van der Waals surface area (Å²) in [6.07, 6.45) is 6.60. The highest BCUT2D eigenvalue weighted by atomic mass is 15.1. The molecule has 1 aromatic carbocycles. The smallest absolute Gasteiger partial charge is 0.0421 e. The Kier molecular flexibility index (Phi) is 2.68. The van der Waals surface area contributed by atoms with E-state index < -0.39 is 0 Å². The van der Waals surface area contributed by atoms with Crippen molar-refractivity contribution in [1.82, 2.24) is 0 Å². The zero-order valence-corrected chi connectivity index (χ0v) is 9.46. The molecule has 2 rings (SSSR count). The Balaban J connectivity index is 2.34. The third-order valence-electron chi connectivity index (χ3n) is 3.23. The first-order chi connectivity index (χ1) is 7.26. The molecule has 0 N–H and O–H groups in total. The monoisotopic (exact) mass is 199 g/mol. The topological polar surface area (TPSA) is 3.24 Å². The highest BCUT2D eigenvalue weighted by Gasteiger charge is 2.18. The van der Waals surface area contributed by atoms with Crippen molar-refractivity contribution in [2.75, 3.05) is 18.0 Å². The summed E-state index contributed by atoms with van der Waals surface area (Å²) in [5, 5.41) is 0. The second kappa shape index (κ2) is 3.98. The number of likely N-dealkylation sites (N-methyl/N-ethyl adjacent to an activating group) is 1. The van der Waals surface area contributed by atoms with Crippen LogP contribution in [0.1, 0.15) is 30.9 Å². The van der Waals surface area contributed by atoms with Crippen LogP contribution in [0.2, 0.25) is 0 Å². The summed E-state index contributed by atoms with van der Waals surface area (Å²) in [6, 6.07) is 6.65. The average molecular weight is 199 g/mol. The Hall–Kier alpha value is -1.42. The van der Waals surface area contributed by atoms with Crippen LogP contribution < -0.4 is 4.90 Å². The van der Waals surface area contributed by atoms with Gasteiger partial charge in [-0.3, -0.25) is 0 Å². The molecule has 1 heteroatoms. The van der Waals surface area contributed by atoms with Crippen molar-refractivity contribution in [3.63, 3.8) is 0 Å². The van der Waals surface area contributed by atoms with E-state index in [9.17, 15) is 0 Å². The zero-order chi connectivity index (χ0) is 10.8. The summed E-state index contributed by atoms with van der Waals surface area (Å²) in [5.41, 5.74) is 4.12. The summed E-state index contributed by atoms with van der Waals surface area (Å²) in [4.78, 5) is 2.42. The number of terminal acetylenes is 1. The summed E-state index contributed by atoms with van der Waals surface area (Å²) in [5.74, 6) is 3.01. The lowest BCUT2D eigenvalue weighted by atomic mass is 9.99. The van der Waals surface area contributed by atoms with Gasteiger partial charge in [0.2, 0.25) is 0 Å². The predicted molar refractivity (Wildman–Crippen MR) is 65.3 cm³/mol. The standard InChI is InChI=1S/C14H17N/c1-4-11(3)12-6-7-14-13(10-12)8-9-15(14)5-2/h1,6-7,10-11H,5,8-9H2,2-3H3. The van der Waals surface area contributed by atoms with E-state index in [1.165, 1.54) is 16.8 Å². The molecular weight excluding hydrogens is 182 g/mol. The van der Waals surface area contributed by atoms with Gasteiger partial charge in [-0.05, 0) is 37.5 Å². The van der Waals surface area contributed by atoms with E-state index in [1.54, 1.807) is 0 Å². The number of nitrogens with zero attached hydrogens (tertiary/aromatic N) is 1. The lowest BCUT2D eigenvalue weighted by molar-refractivity contribution is 0.868. The summed E-state index contributed by atoms with van der Waals surface area (Å²) < 4.78 is 0. The molecule has 0 aromatic heterocycles. The van der Waals surface area contributed by atoms with Gasteiger partial charge in [0.25, 0.3) is 0 Å². The molecule has 78 valence electrons. The summed E-state index contributed by atoms with van der Waals surface area (Å²) in [7, 11) is 0. The van der Waals surface area contributed by atoms with E-state index >= 15 is 0 Å². The van der Waals surface area contributed by atoms with E-state index in [0.29, 0.717) is 0 Å². The first-order valence-electron chi connectivity index (χ1n) is 5.60. The normalized spacial score (nSPS) is 15.9. The average Bonchev–Trinajstić information content (AvgIpc) is 2.69. The molecule has 0 radical (unpaired) electrons. The molecule has 1 nitrogen and oxygen atoms in total. The second-order valence-corrected chi connectivity index (χ2v) is 4.11. The van der Waals surface area contributed by atoms with Gasteiger partial charge < -0.3 is 4.90 Å². The van der Waals surface area contributed by atoms with Gasteiger partial charge in [-0.1, -0.05) is 18.1 Å². The van der Waals surface area contributed by atoms with Crippen molar-refractivity contribution in [3.8, 4) is 12.3 Å². The van der Waals surface area contributed by atoms with Crippen LogP contribution >= 0.6 is 0 Å². The van der Waals surface area contributed by atoms with E-state index in [-0.39, 0.29) is 5.92 Å². The van der Waals surface area contributed by atoms with E-state index in [4.69, 9.17) is 6.42 Å². The molecule has 1 atom stereocenters.